The van der Waals surface area contributed by atoms with Crippen LogP contribution in [0.3, 0.4) is 0 Å². The van der Waals surface area contributed by atoms with Gasteiger partial charge in [0, 0.05) is 12.1 Å². The zero-order valence-electron chi connectivity index (χ0n) is 20.2. The van der Waals surface area contributed by atoms with Crippen LogP contribution in [0, 0.1) is 12.8 Å². The molecule has 33 heavy (non-hydrogen) atoms. The maximum atomic E-state index is 13.1. The normalized spacial score (nSPS) is 17.9. The fourth-order valence-corrected chi connectivity index (χ4v) is 4.02. The minimum atomic E-state index is -0.649. The number of benzene rings is 2. The monoisotopic (exact) mass is 450 g/mol. The van der Waals surface area contributed by atoms with Crippen molar-refractivity contribution in [2.24, 2.45) is 5.92 Å². The first-order chi connectivity index (χ1) is 15.7. The van der Waals surface area contributed by atoms with Crippen molar-refractivity contribution in [2.45, 2.75) is 33.2 Å². The van der Waals surface area contributed by atoms with Gasteiger partial charge in [0.1, 0.15) is 11.5 Å². The van der Waals surface area contributed by atoms with Crippen molar-refractivity contribution in [3.8, 4) is 5.75 Å². The Kier molecular flexibility index (Phi) is 7.92. The van der Waals surface area contributed by atoms with Crippen LogP contribution in [0.2, 0.25) is 0 Å². The Morgan fingerprint density at radius 3 is 2.42 bits per heavy atom. The predicted molar refractivity (Wildman–Crippen MR) is 130 cm³/mol. The molecule has 1 aliphatic heterocycles. The molecule has 1 amide bonds. The van der Waals surface area contributed by atoms with E-state index in [1.165, 1.54) is 0 Å². The summed E-state index contributed by atoms with van der Waals surface area (Å²) in [6.07, 6.45) is 0.727. The van der Waals surface area contributed by atoms with Crippen molar-refractivity contribution in [2.75, 3.05) is 33.8 Å². The van der Waals surface area contributed by atoms with Crippen molar-refractivity contribution in [1.29, 1.82) is 0 Å². The number of hydrogen-bond acceptors (Lipinski definition) is 5. The summed E-state index contributed by atoms with van der Waals surface area (Å²) < 4.78 is 5.84. The van der Waals surface area contributed by atoms with E-state index in [0.29, 0.717) is 24.6 Å². The van der Waals surface area contributed by atoms with Crippen molar-refractivity contribution in [3.63, 3.8) is 0 Å². The van der Waals surface area contributed by atoms with Crippen molar-refractivity contribution < 1.29 is 19.4 Å². The summed E-state index contributed by atoms with van der Waals surface area (Å²) in [5, 5.41) is 11.2. The molecule has 0 unspecified atom stereocenters. The fourth-order valence-electron chi connectivity index (χ4n) is 4.02. The molecular formula is C27H34N2O4. The molecule has 1 aliphatic rings. The number of rotatable bonds is 9. The van der Waals surface area contributed by atoms with E-state index >= 15 is 0 Å². The number of carbonyl (C=O) groups is 2. The lowest BCUT2D eigenvalue weighted by molar-refractivity contribution is -0.139. The first-order valence-electron chi connectivity index (χ1n) is 11.4. The van der Waals surface area contributed by atoms with Gasteiger partial charge >= 0.3 is 0 Å². The molecule has 0 aliphatic carbocycles. The number of ether oxygens (including phenoxy) is 1. The van der Waals surface area contributed by atoms with Gasteiger partial charge in [0.2, 0.25) is 0 Å². The third kappa shape index (κ3) is 5.63. The van der Waals surface area contributed by atoms with Gasteiger partial charge in [0.15, 0.2) is 0 Å². The fraction of sp³-hybridized carbons (Fsp3) is 0.407. The summed E-state index contributed by atoms with van der Waals surface area (Å²) in [5.41, 5.74) is 2.29. The number of amides is 1. The Bertz CT molecular complexity index is 1030. The zero-order valence-corrected chi connectivity index (χ0v) is 20.2. The SMILES string of the molecule is Cc1cc(/C(O)=C2\C(=O)C(=O)N(CCCN(C)C)[C@H]2c2ccccc2)ccc1OCC(C)C. The number of hydrogen-bond donors (Lipinski definition) is 1. The molecule has 176 valence electrons. The molecule has 0 saturated carbocycles. The van der Waals surface area contributed by atoms with E-state index in [1.54, 1.807) is 23.1 Å². The van der Waals surface area contributed by atoms with Crippen LogP contribution < -0.4 is 4.74 Å². The minimum Gasteiger partial charge on any atom is -0.507 e. The molecule has 6 nitrogen and oxygen atoms in total. The second-order valence-electron chi connectivity index (χ2n) is 9.25. The largest absolute Gasteiger partial charge is 0.507 e. The average molecular weight is 451 g/mol. The molecule has 1 atom stereocenters. The number of ketones is 1. The quantitative estimate of drug-likeness (QED) is 0.348. The van der Waals surface area contributed by atoms with Gasteiger partial charge in [-0.3, -0.25) is 9.59 Å². The summed E-state index contributed by atoms with van der Waals surface area (Å²) in [7, 11) is 3.94. The highest BCUT2D eigenvalue weighted by atomic mass is 16.5. The van der Waals surface area contributed by atoms with Crippen LogP contribution in [0.25, 0.3) is 5.76 Å². The van der Waals surface area contributed by atoms with Gasteiger partial charge in [-0.15, -0.1) is 0 Å². The Hall–Kier alpha value is -3.12. The van der Waals surface area contributed by atoms with Crippen LogP contribution in [-0.4, -0.2) is 60.4 Å². The zero-order chi connectivity index (χ0) is 24.1. The summed E-state index contributed by atoms with van der Waals surface area (Å²) in [6.45, 7) is 7.88. The van der Waals surface area contributed by atoms with E-state index in [4.69, 9.17) is 4.74 Å². The molecule has 2 aromatic rings. The lowest BCUT2D eigenvalue weighted by Crippen LogP contribution is -2.32. The third-order valence-corrected chi connectivity index (χ3v) is 5.68. The smallest absolute Gasteiger partial charge is 0.295 e. The molecule has 0 spiro atoms. The third-order valence-electron chi connectivity index (χ3n) is 5.68. The maximum Gasteiger partial charge on any atom is 0.295 e. The van der Waals surface area contributed by atoms with Gasteiger partial charge in [-0.25, -0.2) is 0 Å². The minimum absolute atomic E-state index is 0.131. The number of likely N-dealkylation sites (tertiary alicyclic amines) is 1. The number of carbonyl (C=O) groups excluding carboxylic acids is 2. The van der Waals surface area contributed by atoms with Crippen molar-refractivity contribution >= 4 is 17.4 Å². The highest BCUT2D eigenvalue weighted by molar-refractivity contribution is 6.46. The molecule has 0 radical (unpaired) electrons. The van der Waals surface area contributed by atoms with Gasteiger partial charge in [0.25, 0.3) is 11.7 Å². The van der Waals surface area contributed by atoms with Gasteiger partial charge in [0.05, 0.1) is 18.2 Å². The number of aliphatic hydroxyl groups excluding tert-OH is 1. The van der Waals surface area contributed by atoms with Crippen LogP contribution in [0.5, 0.6) is 5.75 Å². The number of Topliss-reactive ketones (excluding diaryl/α,β-unsaturated/α-hetero) is 1. The van der Waals surface area contributed by atoms with Gasteiger partial charge in [-0.1, -0.05) is 44.2 Å². The lowest BCUT2D eigenvalue weighted by atomic mass is 9.95. The van der Waals surface area contributed by atoms with Gasteiger partial charge in [-0.2, -0.15) is 0 Å². The van der Waals surface area contributed by atoms with Crippen LogP contribution in [-0.2, 0) is 9.59 Å². The molecule has 1 heterocycles. The van der Waals surface area contributed by atoms with E-state index in [2.05, 4.69) is 13.8 Å². The first kappa shape index (κ1) is 24.5. The number of nitrogens with zero attached hydrogens (tertiary/aromatic N) is 2. The van der Waals surface area contributed by atoms with E-state index < -0.39 is 17.7 Å². The van der Waals surface area contributed by atoms with Crippen LogP contribution in [0.15, 0.2) is 54.1 Å². The summed E-state index contributed by atoms with van der Waals surface area (Å²) >= 11 is 0. The Balaban J connectivity index is 2.01. The Morgan fingerprint density at radius 1 is 1.12 bits per heavy atom. The Labute approximate surface area is 196 Å². The second-order valence-corrected chi connectivity index (χ2v) is 9.25. The molecule has 1 N–H and O–H groups in total. The van der Waals surface area contributed by atoms with E-state index in [9.17, 15) is 14.7 Å². The standard InChI is InChI=1S/C27H34N2O4/c1-18(2)17-33-22-13-12-21(16-19(22)3)25(30)23-24(20-10-7-6-8-11-20)29(27(32)26(23)31)15-9-14-28(4)5/h6-8,10-13,16,18,24,30H,9,14-15,17H2,1-5H3/b25-23+/t24-/m0/s1. The van der Waals surface area contributed by atoms with E-state index in [-0.39, 0.29) is 11.3 Å². The lowest BCUT2D eigenvalue weighted by Gasteiger charge is -2.26. The maximum absolute atomic E-state index is 13.1. The van der Waals surface area contributed by atoms with Crippen molar-refractivity contribution in [3.05, 3.63) is 70.8 Å². The highest BCUT2D eigenvalue weighted by Crippen LogP contribution is 2.39. The number of aliphatic hydroxyl groups is 1. The molecule has 6 heteroatoms. The molecule has 2 aromatic carbocycles. The second kappa shape index (κ2) is 10.7. The van der Waals surface area contributed by atoms with Gasteiger partial charge in [-0.05, 0) is 69.2 Å². The molecule has 3 rings (SSSR count). The van der Waals surface area contributed by atoms with Crippen molar-refractivity contribution in [1.82, 2.24) is 9.80 Å². The van der Waals surface area contributed by atoms with E-state index in [0.717, 1.165) is 29.8 Å². The molecule has 0 bridgehead atoms. The highest BCUT2D eigenvalue weighted by Gasteiger charge is 2.45. The molecular weight excluding hydrogens is 416 g/mol. The predicted octanol–water partition coefficient (Wildman–Crippen LogP) is 4.40. The topological polar surface area (TPSA) is 70.1 Å². The summed E-state index contributed by atoms with van der Waals surface area (Å²) in [4.78, 5) is 29.7. The Morgan fingerprint density at radius 2 is 1.82 bits per heavy atom. The number of aryl methyl sites for hydroxylation is 1. The van der Waals surface area contributed by atoms with Crippen LogP contribution >= 0.6 is 0 Å². The molecule has 1 fully saturated rings. The molecule has 0 aromatic heterocycles. The van der Waals surface area contributed by atoms with Gasteiger partial charge < -0.3 is 19.6 Å². The molecule has 1 saturated heterocycles. The van der Waals surface area contributed by atoms with Crippen LogP contribution in [0.1, 0.15) is 43.0 Å². The summed E-state index contributed by atoms with van der Waals surface area (Å²) in [6, 6.07) is 14.1. The first-order valence-corrected chi connectivity index (χ1v) is 11.4. The average Bonchev–Trinajstić information content (AvgIpc) is 3.03. The van der Waals surface area contributed by atoms with E-state index in [1.807, 2.05) is 56.3 Å². The van der Waals surface area contributed by atoms with Crippen LogP contribution in [0.4, 0.5) is 0 Å². The summed E-state index contributed by atoms with van der Waals surface area (Å²) in [5.74, 6) is -0.242.